The number of urea groups is 1. The zero-order valence-electron chi connectivity index (χ0n) is 19.2. The molecular formula is C25H30FN3O3. The molecule has 6 nitrogen and oxygen atoms in total. The quantitative estimate of drug-likeness (QED) is 0.604. The van der Waals surface area contributed by atoms with E-state index in [0.717, 1.165) is 21.7 Å². The van der Waals surface area contributed by atoms with Crippen molar-refractivity contribution in [3.63, 3.8) is 0 Å². The van der Waals surface area contributed by atoms with Crippen LogP contribution in [-0.4, -0.2) is 29.3 Å². The molecule has 32 heavy (non-hydrogen) atoms. The molecule has 1 saturated heterocycles. The van der Waals surface area contributed by atoms with Crippen molar-refractivity contribution in [2.24, 2.45) is 0 Å². The van der Waals surface area contributed by atoms with Gasteiger partial charge in [0.2, 0.25) is 5.91 Å². The smallest absolute Gasteiger partial charge is 0.324 e. The number of amides is 4. The molecule has 1 aliphatic rings. The third-order valence-electron chi connectivity index (χ3n) is 5.98. The Morgan fingerprint density at radius 1 is 1.03 bits per heavy atom. The average molecular weight is 440 g/mol. The summed E-state index contributed by atoms with van der Waals surface area (Å²) in [5.41, 5.74) is 1.89. The number of hydrogen-bond donors (Lipinski definition) is 2. The minimum Gasteiger partial charge on any atom is -0.324 e. The lowest BCUT2D eigenvalue weighted by Crippen LogP contribution is -2.44. The summed E-state index contributed by atoms with van der Waals surface area (Å²) in [6, 6.07) is 10.7. The molecule has 1 heterocycles. The third-order valence-corrected chi connectivity index (χ3v) is 5.98. The monoisotopic (exact) mass is 439 g/mol. The van der Waals surface area contributed by atoms with Crippen LogP contribution in [0.3, 0.4) is 0 Å². The van der Waals surface area contributed by atoms with Crippen molar-refractivity contribution < 1.29 is 18.8 Å². The predicted molar refractivity (Wildman–Crippen MR) is 122 cm³/mol. The number of hydrogen-bond acceptors (Lipinski definition) is 3. The van der Waals surface area contributed by atoms with E-state index in [2.05, 4.69) is 10.6 Å². The van der Waals surface area contributed by atoms with Gasteiger partial charge in [-0.25, -0.2) is 9.18 Å². The number of nitrogens with one attached hydrogen (secondary N) is 2. The van der Waals surface area contributed by atoms with E-state index in [1.165, 1.54) is 24.3 Å². The highest BCUT2D eigenvalue weighted by Crippen LogP contribution is 2.34. The molecule has 0 radical (unpaired) electrons. The summed E-state index contributed by atoms with van der Waals surface area (Å²) in [6.07, 6.45) is 0.273. The second-order valence-corrected chi connectivity index (χ2v) is 8.76. The fraction of sp³-hybridized carbons (Fsp3) is 0.400. The second-order valence-electron chi connectivity index (χ2n) is 8.76. The fourth-order valence-electron chi connectivity index (χ4n) is 4.16. The Morgan fingerprint density at radius 2 is 1.59 bits per heavy atom. The van der Waals surface area contributed by atoms with Crippen LogP contribution in [0.5, 0.6) is 0 Å². The zero-order chi connectivity index (χ0) is 23.6. The van der Waals surface area contributed by atoms with E-state index in [4.69, 9.17) is 0 Å². The molecular weight excluding hydrogens is 409 g/mol. The highest BCUT2D eigenvalue weighted by Gasteiger charge is 2.51. The summed E-state index contributed by atoms with van der Waals surface area (Å²) < 4.78 is 13.4. The molecule has 0 spiro atoms. The Hall–Kier alpha value is -3.22. The SMILES string of the molecule is CCC1(c2ccc(F)cc2)NC(=O)N(CC(=O)Nc2c(C(C)C)cccc2C(C)C)C1=O. The number of para-hydroxylation sites is 1. The van der Waals surface area contributed by atoms with Gasteiger partial charge >= 0.3 is 6.03 Å². The van der Waals surface area contributed by atoms with Gasteiger partial charge in [0, 0.05) is 5.69 Å². The Bertz CT molecular complexity index is 1010. The van der Waals surface area contributed by atoms with Crippen LogP contribution in [0, 0.1) is 5.82 Å². The normalized spacial score (nSPS) is 18.4. The van der Waals surface area contributed by atoms with Crippen LogP contribution in [-0.2, 0) is 15.1 Å². The molecule has 1 aliphatic heterocycles. The van der Waals surface area contributed by atoms with E-state index in [1.54, 1.807) is 6.92 Å². The molecule has 0 aliphatic carbocycles. The summed E-state index contributed by atoms with van der Waals surface area (Å²) >= 11 is 0. The lowest BCUT2D eigenvalue weighted by Gasteiger charge is -2.26. The van der Waals surface area contributed by atoms with Crippen molar-refractivity contribution in [3.05, 3.63) is 65.0 Å². The number of carbonyl (C=O) groups is 3. The highest BCUT2D eigenvalue weighted by atomic mass is 19.1. The van der Waals surface area contributed by atoms with Crippen molar-refractivity contribution in [2.45, 2.75) is 58.4 Å². The number of halogens is 1. The Morgan fingerprint density at radius 3 is 2.09 bits per heavy atom. The first-order chi connectivity index (χ1) is 15.1. The van der Waals surface area contributed by atoms with E-state index in [9.17, 15) is 18.8 Å². The number of carbonyl (C=O) groups excluding carboxylic acids is 3. The number of rotatable bonds is 7. The number of nitrogens with zero attached hydrogens (tertiary/aromatic N) is 1. The summed E-state index contributed by atoms with van der Waals surface area (Å²) in [5, 5.41) is 5.66. The summed E-state index contributed by atoms with van der Waals surface area (Å²) in [6.45, 7) is 9.54. The van der Waals surface area contributed by atoms with E-state index >= 15 is 0 Å². The van der Waals surface area contributed by atoms with Crippen LogP contribution in [0.25, 0.3) is 0 Å². The maximum Gasteiger partial charge on any atom is 0.325 e. The molecule has 2 aromatic carbocycles. The molecule has 1 atom stereocenters. The van der Waals surface area contributed by atoms with E-state index in [0.29, 0.717) is 5.56 Å². The molecule has 1 unspecified atom stereocenters. The molecule has 1 fully saturated rings. The van der Waals surface area contributed by atoms with Crippen molar-refractivity contribution >= 4 is 23.5 Å². The molecule has 170 valence electrons. The van der Waals surface area contributed by atoms with Crippen LogP contribution in [0.1, 0.15) is 69.6 Å². The van der Waals surface area contributed by atoms with Crippen LogP contribution in [0.2, 0.25) is 0 Å². The van der Waals surface area contributed by atoms with Crippen molar-refractivity contribution in [2.75, 3.05) is 11.9 Å². The number of imide groups is 1. The standard InChI is InChI=1S/C25H30FN3O3/c1-6-25(17-10-12-18(26)13-11-17)23(31)29(24(32)28-25)14-21(30)27-22-19(15(2)3)8-7-9-20(22)16(4)5/h7-13,15-16H,6,14H2,1-5H3,(H,27,30)(H,28,32). The average Bonchev–Trinajstić information content (AvgIpc) is 2.99. The predicted octanol–water partition coefficient (Wildman–Crippen LogP) is 4.87. The van der Waals surface area contributed by atoms with E-state index in [1.807, 2.05) is 45.9 Å². The molecule has 3 rings (SSSR count). The maximum absolute atomic E-state index is 13.4. The fourth-order valence-corrected chi connectivity index (χ4v) is 4.16. The first-order valence-electron chi connectivity index (χ1n) is 10.9. The molecule has 0 aromatic heterocycles. The molecule has 0 bridgehead atoms. The van der Waals surface area contributed by atoms with Crippen molar-refractivity contribution in [1.29, 1.82) is 0 Å². The first-order valence-corrected chi connectivity index (χ1v) is 10.9. The summed E-state index contributed by atoms with van der Waals surface area (Å²) in [4.78, 5) is 39.8. The van der Waals surface area contributed by atoms with Gasteiger partial charge in [0.1, 0.15) is 17.9 Å². The van der Waals surface area contributed by atoms with Crippen LogP contribution in [0.15, 0.2) is 42.5 Å². The summed E-state index contributed by atoms with van der Waals surface area (Å²) in [5.74, 6) is -1.03. The Balaban J connectivity index is 1.86. The molecule has 2 N–H and O–H groups in total. The first kappa shape index (κ1) is 23.4. The maximum atomic E-state index is 13.4. The Labute approximate surface area is 188 Å². The number of benzene rings is 2. The van der Waals surface area contributed by atoms with Gasteiger partial charge in [-0.15, -0.1) is 0 Å². The molecule has 0 saturated carbocycles. The minimum absolute atomic E-state index is 0.187. The van der Waals surface area contributed by atoms with Gasteiger partial charge < -0.3 is 10.6 Å². The zero-order valence-corrected chi connectivity index (χ0v) is 19.2. The molecule has 7 heteroatoms. The highest BCUT2D eigenvalue weighted by molar-refractivity contribution is 6.10. The third kappa shape index (κ3) is 4.24. The van der Waals surface area contributed by atoms with Gasteiger partial charge in [-0.2, -0.15) is 0 Å². The van der Waals surface area contributed by atoms with Crippen LogP contribution in [0.4, 0.5) is 14.9 Å². The van der Waals surface area contributed by atoms with Gasteiger partial charge in [-0.1, -0.05) is 65.0 Å². The van der Waals surface area contributed by atoms with Gasteiger partial charge in [0.05, 0.1) is 0 Å². The topological polar surface area (TPSA) is 78.5 Å². The second kappa shape index (κ2) is 9.10. The minimum atomic E-state index is -1.32. The lowest BCUT2D eigenvalue weighted by molar-refractivity contribution is -0.134. The van der Waals surface area contributed by atoms with Gasteiger partial charge in [0.25, 0.3) is 5.91 Å². The molecule has 2 aromatic rings. The van der Waals surface area contributed by atoms with Gasteiger partial charge in [0.15, 0.2) is 0 Å². The summed E-state index contributed by atoms with van der Waals surface area (Å²) in [7, 11) is 0. The van der Waals surface area contributed by atoms with Crippen molar-refractivity contribution in [3.8, 4) is 0 Å². The number of anilines is 1. The van der Waals surface area contributed by atoms with Gasteiger partial charge in [-0.3, -0.25) is 14.5 Å². The van der Waals surface area contributed by atoms with Crippen LogP contribution < -0.4 is 10.6 Å². The van der Waals surface area contributed by atoms with E-state index < -0.39 is 35.7 Å². The largest absolute Gasteiger partial charge is 0.325 e. The van der Waals surface area contributed by atoms with Crippen molar-refractivity contribution in [1.82, 2.24) is 10.2 Å². The Kier molecular flexibility index (Phi) is 6.67. The lowest BCUT2D eigenvalue weighted by atomic mass is 9.87. The van der Waals surface area contributed by atoms with Gasteiger partial charge in [-0.05, 0) is 47.1 Å². The van der Waals surface area contributed by atoms with Crippen LogP contribution >= 0.6 is 0 Å². The molecule has 4 amide bonds. The van der Waals surface area contributed by atoms with E-state index in [-0.39, 0.29) is 18.3 Å².